The Hall–Kier alpha value is -1.19. The van der Waals surface area contributed by atoms with Crippen molar-refractivity contribution in [3.63, 3.8) is 0 Å². The predicted octanol–water partition coefficient (Wildman–Crippen LogP) is -0.989. The van der Waals surface area contributed by atoms with Crippen LogP contribution < -0.4 is 17.2 Å². The number of hydrogen-bond acceptors (Lipinski definition) is 3. The summed E-state index contributed by atoms with van der Waals surface area (Å²) in [4.78, 5) is 10.4. The van der Waals surface area contributed by atoms with Crippen molar-refractivity contribution in [1.29, 1.82) is 0 Å². The Bertz CT molecular complexity index is 146. The van der Waals surface area contributed by atoms with Gasteiger partial charge in [0.15, 0.2) is 0 Å². The summed E-state index contributed by atoms with van der Waals surface area (Å²) in [6, 6.07) is 0. The van der Waals surface area contributed by atoms with E-state index in [-0.39, 0.29) is 5.82 Å². The number of rotatable bonds is 2. The van der Waals surface area contributed by atoms with Gasteiger partial charge in [0.25, 0.3) is 0 Å². The maximum atomic E-state index is 10.4. The normalized spacial score (nSPS) is 8.56. The smallest absolute Gasteiger partial charge is 0.248 e. The fourth-order valence-electron chi connectivity index (χ4n) is 0.521. The van der Waals surface area contributed by atoms with E-state index in [9.17, 15) is 4.79 Å². The number of amides is 1. The first kappa shape index (κ1) is 7.81. The van der Waals surface area contributed by atoms with Crippen molar-refractivity contribution in [3.8, 4) is 0 Å². The molecule has 6 N–H and O–H groups in total. The Morgan fingerprint density at radius 3 is 1.78 bits per heavy atom. The predicted molar refractivity (Wildman–Crippen MR) is 34.9 cm³/mol. The summed E-state index contributed by atoms with van der Waals surface area (Å²) in [6.07, 6.45) is 0.484. The minimum absolute atomic E-state index is 0.0185. The molecule has 0 unspecified atom stereocenters. The molecule has 0 atom stereocenters. The minimum atomic E-state index is -0.544. The summed E-state index contributed by atoms with van der Waals surface area (Å²) in [5.41, 5.74) is 15.4. The van der Waals surface area contributed by atoms with Gasteiger partial charge < -0.3 is 17.2 Å². The van der Waals surface area contributed by atoms with E-state index < -0.39 is 5.91 Å². The summed E-state index contributed by atoms with van der Waals surface area (Å²) < 4.78 is 0. The van der Waals surface area contributed by atoms with Crippen molar-refractivity contribution in [2.45, 2.75) is 13.3 Å². The van der Waals surface area contributed by atoms with Crippen LogP contribution in [0.2, 0.25) is 0 Å². The van der Waals surface area contributed by atoms with Crippen LogP contribution in [0.25, 0.3) is 0 Å². The van der Waals surface area contributed by atoms with Gasteiger partial charge in [-0.3, -0.25) is 4.79 Å². The van der Waals surface area contributed by atoms with Crippen LogP contribution in [-0.2, 0) is 4.79 Å². The molecule has 0 saturated carbocycles. The molecule has 0 fully saturated rings. The van der Waals surface area contributed by atoms with E-state index in [0.717, 1.165) is 0 Å². The van der Waals surface area contributed by atoms with Crippen molar-refractivity contribution in [1.82, 2.24) is 0 Å². The third-order valence-corrected chi connectivity index (χ3v) is 0.999. The first-order valence-corrected chi connectivity index (χ1v) is 2.63. The van der Waals surface area contributed by atoms with Crippen molar-refractivity contribution < 1.29 is 4.79 Å². The van der Waals surface area contributed by atoms with Gasteiger partial charge in [-0.1, -0.05) is 6.92 Å². The topological polar surface area (TPSA) is 95.1 Å². The summed E-state index contributed by atoms with van der Waals surface area (Å²) in [5, 5.41) is 0. The summed E-state index contributed by atoms with van der Waals surface area (Å²) in [5.74, 6) is -0.525. The Morgan fingerprint density at radius 1 is 1.33 bits per heavy atom. The molecule has 0 saturated heterocycles. The molecule has 1 amide bonds. The molecular formula is C5H11N3O. The largest absolute Gasteiger partial charge is 0.385 e. The Labute approximate surface area is 53.7 Å². The van der Waals surface area contributed by atoms with Gasteiger partial charge >= 0.3 is 0 Å². The number of nitrogens with two attached hydrogens (primary N) is 3. The number of carbonyl (C=O) groups excluding carboxylic acids is 1. The lowest BCUT2D eigenvalue weighted by atomic mass is 10.2. The Balaban J connectivity index is 4.35. The van der Waals surface area contributed by atoms with Crippen LogP contribution in [0.5, 0.6) is 0 Å². The molecule has 0 heterocycles. The highest BCUT2D eigenvalue weighted by atomic mass is 16.1. The highest BCUT2D eigenvalue weighted by Gasteiger charge is 2.03. The van der Waals surface area contributed by atoms with E-state index in [2.05, 4.69) is 0 Å². The van der Waals surface area contributed by atoms with Gasteiger partial charge in [0.2, 0.25) is 5.91 Å². The van der Waals surface area contributed by atoms with E-state index in [4.69, 9.17) is 17.2 Å². The van der Waals surface area contributed by atoms with E-state index in [1.165, 1.54) is 0 Å². The van der Waals surface area contributed by atoms with Gasteiger partial charge in [-0.15, -0.1) is 0 Å². The second-order valence-electron chi connectivity index (χ2n) is 1.65. The molecule has 0 spiro atoms. The van der Waals surface area contributed by atoms with Gasteiger partial charge in [-0.25, -0.2) is 0 Å². The minimum Gasteiger partial charge on any atom is -0.385 e. The number of primary amides is 1. The Kier molecular flexibility index (Phi) is 2.57. The van der Waals surface area contributed by atoms with Gasteiger partial charge in [-0.05, 0) is 6.42 Å². The average molecular weight is 129 g/mol. The van der Waals surface area contributed by atoms with Gasteiger partial charge in [0, 0.05) is 0 Å². The van der Waals surface area contributed by atoms with Crippen molar-refractivity contribution in [2.24, 2.45) is 17.2 Å². The van der Waals surface area contributed by atoms with E-state index in [1.807, 2.05) is 0 Å². The fourth-order valence-corrected chi connectivity index (χ4v) is 0.521. The monoisotopic (exact) mass is 129 g/mol. The lowest BCUT2D eigenvalue weighted by Crippen LogP contribution is -2.22. The summed E-state index contributed by atoms with van der Waals surface area (Å²) >= 11 is 0. The molecule has 0 aliphatic carbocycles. The molecule has 0 aliphatic heterocycles. The number of carbonyl (C=O) groups is 1. The van der Waals surface area contributed by atoms with Gasteiger partial charge in [-0.2, -0.15) is 0 Å². The molecule has 4 heteroatoms. The van der Waals surface area contributed by atoms with Gasteiger partial charge in [0.05, 0.1) is 5.57 Å². The third-order valence-electron chi connectivity index (χ3n) is 0.999. The van der Waals surface area contributed by atoms with Crippen LogP contribution in [0.3, 0.4) is 0 Å². The molecule has 0 aromatic carbocycles. The van der Waals surface area contributed by atoms with E-state index in [1.54, 1.807) is 6.92 Å². The van der Waals surface area contributed by atoms with Crippen molar-refractivity contribution >= 4 is 5.91 Å². The maximum absolute atomic E-state index is 10.4. The second kappa shape index (κ2) is 2.96. The second-order valence-corrected chi connectivity index (χ2v) is 1.65. The van der Waals surface area contributed by atoms with E-state index in [0.29, 0.717) is 12.0 Å². The molecule has 0 radical (unpaired) electrons. The highest BCUT2D eigenvalue weighted by molar-refractivity contribution is 5.92. The van der Waals surface area contributed by atoms with Crippen LogP contribution in [0, 0.1) is 0 Å². The lowest BCUT2D eigenvalue weighted by Gasteiger charge is -1.98. The molecule has 52 valence electrons. The van der Waals surface area contributed by atoms with Crippen LogP contribution in [-0.4, -0.2) is 5.91 Å². The lowest BCUT2D eigenvalue weighted by molar-refractivity contribution is -0.114. The zero-order valence-corrected chi connectivity index (χ0v) is 5.35. The van der Waals surface area contributed by atoms with E-state index >= 15 is 0 Å². The van der Waals surface area contributed by atoms with Crippen LogP contribution in [0.4, 0.5) is 0 Å². The molecular weight excluding hydrogens is 118 g/mol. The van der Waals surface area contributed by atoms with Crippen LogP contribution in [0.15, 0.2) is 11.4 Å². The first-order valence-electron chi connectivity index (χ1n) is 2.63. The molecule has 4 nitrogen and oxygen atoms in total. The van der Waals surface area contributed by atoms with Crippen molar-refractivity contribution in [3.05, 3.63) is 11.4 Å². The third kappa shape index (κ3) is 2.03. The van der Waals surface area contributed by atoms with Gasteiger partial charge in [0.1, 0.15) is 5.82 Å². The Morgan fingerprint density at radius 2 is 1.78 bits per heavy atom. The molecule has 0 aromatic rings. The summed E-state index contributed by atoms with van der Waals surface area (Å²) in [6.45, 7) is 1.76. The summed E-state index contributed by atoms with van der Waals surface area (Å²) in [7, 11) is 0. The highest BCUT2D eigenvalue weighted by Crippen LogP contribution is 1.97. The molecule has 0 aliphatic rings. The standard InChI is InChI=1S/C5H11N3O/c1-2-3(4(6)7)5(8)9/h2,6-7H2,1H3,(H2,8,9). The average Bonchev–Trinajstić information content (AvgIpc) is 1.64. The number of hydrogen-bond donors (Lipinski definition) is 3. The maximum Gasteiger partial charge on any atom is 0.248 e. The zero-order chi connectivity index (χ0) is 7.44. The first-order chi connectivity index (χ1) is 4.09. The quantitative estimate of drug-likeness (QED) is 0.418. The molecule has 0 rings (SSSR count). The fraction of sp³-hybridized carbons (Fsp3) is 0.400. The SMILES string of the molecule is CCC(C(N)=O)=C(N)N. The van der Waals surface area contributed by atoms with Crippen LogP contribution in [0.1, 0.15) is 13.3 Å². The molecule has 0 bridgehead atoms. The molecule has 0 aromatic heterocycles. The zero-order valence-electron chi connectivity index (χ0n) is 5.35. The molecule has 9 heavy (non-hydrogen) atoms. The van der Waals surface area contributed by atoms with Crippen LogP contribution >= 0.6 is 0 Å². The van der Waals surface area contributed by atoms with Crippen molar-refractivity contribution in [2.75, 3.05) is 0 Å².